The monoisotopic (exact) mass is 430 g/mol. The quantitative estimate of drug-likeness (QED) is 0.190. The molecule has 1 aliphatic rings. The Morgan fingerprint density at radius 2 is 2.27 bits per heavy atom. The van der Waals surface area contributed by atoms with Crippen LogP contribution in [-0.2, 0) is 14.2 Å². The second-order valence-corrected chi connectivity index (χ2v) is 6.09. The van der Waals surface area contributed by atoms with Crippen molar-refractivity contribution in [3.63, 3.8) is 0 Å². The van der Waals surface area contributed by atoms with Gasteiger partial charge in [-0.05, 0) is 19.7 Å². The highest BCUT2D eigenvalue weighted by molar-refractivity contribution is 5.75. The van der Waals surface area contributed by atoms with Gasteiger partial charge in [0.25, 0.3) is 6.02 Å². The van der Waals surface area contributed by atoms with Crippen molar-refractivity contribution < 1.29 is 31.8 Å². The fourth-order valence-corrected chi connectivity index (χ4v) is 2.52. The van der Waals surface area contributed by atoms with E-state index in [9.17, 15) is 17.6 Å². The molecular formula is C19H22F4N4O3. The fourth-order valence-electron chi connectivity index (χ4n) is 2.52. The van der Waals surface area contributed by atoms with Crippen LogP contribution in [0.5, 0.6) is 0 Å². The summed E-state index contributed by atoms with van der Waals surface area (Å²) in [6, 6.07) is -0.332. The van der Waals surface area contributed by atoms with Gasteiger partial charge in [0.2, 0.25) is 5.88 Å². The van der Waals surface area contributed by atoms with E-state index in [0.29, 0.717) is 0 Å². The lowest BCUT2D eigenvalue weighted by Crippen LogP contribution is -2.54. The van der Waals surface area contributed by atoms with E-state index in [1.165, 1.54) is 6.92 Å². The molecule has 0 aliphatic carbocycles. The van der Waals surface area contributed by atoms with E-state index < -0.39 is 36.2 Å². The highest BCUT2D eigenvalue weighted by Gasteiger charge is 2.48. The van der Waals surface area contributed by atoms with E-state index in [1.54, 1.807) is 0 Å². The third-order valence-electron chi connectivity index (χ3n) is 3.89. The average Bonchev–Trinajstić information content (AvgIpc) is 2.64. The summed E-state index contributed by atoms with van der Waals surface area (Å²) in [5.74, 6) is -0.00259. The van der Waals surface area contributed by atoms with E-state index in [2.05, 4.69) is 34.2 Å². The van der Waals surface area contributed by atoms with Gasteiger partial charge in [0.1, 0.15) is 30.7 Å². The molecule has 0 unspecified atom stereocenters. The maximum absolute atomic E-state index is 14.9. The molecule has 0 spiro atoms. The van der Waals surface area contributed by atoms with Crippen molar-refractivity contribution in [3.05, 3.63) is 36.6 Å². The summed E-state index contributed by atoms with van der Waals surface area (Å²) < 4.78 is 68.0. The van der Waals surface area contributed by atoms with Gasteiger partial charge in [-0.3, -0.25) is 4.99 Å². The van der Waals surface area contributed by atoms with Crippen molar-refractivity contribution in [2.75, 3.05) is 19.8 Å². The first-order valence-corrected chi connectivity index (χ1v) is 8.48. The minimum Gasteiger partial charge on any atom is -0.463 e. The van der Waals surface area contributed by atoms with E-state index >= 15 is 0 Å². The first-order valence-electron chi connectivity index (χ1n) is 8.48. The zero-order chi connectivity index (χ0) is 22.8. The van der Waals surface area contributed by atoms with Crippen LogP contribution in [0, 0.1) is 18.3 Å². The van der Waals surface area contributed by atoms with Crippen LogP contribution in [0.3, 0.4) is 0 Å². The van der Waals surface area contributed by atoms with E-state index in [0.717, 1.165) is 24.6 Å². The Labute approximate surface area is 171 Å². The number of nitrogens with zero attached hydrogens (tertiary/aromatic N) is 3. The fraction of sp³-hybridized carbons (Fsp3) is 0.421. The van der Waals surface area contributed by atoms with Crippen molar-refractivity contribution in [3.8, 4) is 12.3 Å². The number of terminal acetylenes is 1. The lowest BCUT2D eigenvalue weighted by molar-refractivity contribution is -0.197. The molecule has 0 aromatic heterocycles. The molecule has 0 aromatic rings. The van der Waals surface area contributed by atoms with Crippen molar-refractivity contribution in [1.82, 2.24) is 0 Å². The number of rotatable bonds is 10. The molecule has 164 valence electrons. The Balaban J connectivity index is 3.38. The van der Waals surface area contributed by atoms with E-state index in [1.807, 2.05) is 0 Å². The molecule has 2 N–H and O–H groups in total. The van der Waals surface area contributed by atoms with Crippen LogP contribution in [0.2, 0.25) is 0 Å². The Kier molecular flexibility index (Phi) is 9.26. The van der Waals surface area contributed by atoms with Crippen LogP contribution in [0.25, 0.3) is 0 Å². The maximum Gasteiger partial charge on any atom is 0.411 e. The minimum atomic E-state index is -4.61. The van der Waals surface area contributed by atoms with Gasteiger partial charge in [-0.15, -0.1) is 6.42 Å². The average molecular weight is 430 g/mol. The molecule has 1 heterocycles. The van der Waals surface area contributed by atoms with Crippen LogP contribution in [0.1, 0.15) is 6.92 Å². The van der Waals surface area contributed by atoms with Gasteiger partial charge in [0, 0.05) is 6.21 Å². The van der Waals surface area contributed by atoms with Gasteiger partial charge < -0.3 is 19.9 Å². The second kappa shape index (κ2) is 11.2. The molecule has 11 heteroatoms. The molecule has 0 bridgehead atoms. The third kappa shape index (κ3) is 7.36. The van der Waals surface area contributed by atoms with Gasteiger partial charge in [-0.2, -0.15) is 13.2 Å². The summed E-state index contributed by atoms with van der Waals surface area (Å²) >= 11 is 0. The largest absolute Gasteiger partial charge is 0.463 e. The SMILES string of the molecule is C#CCOC(=C/N=C)/N=C\[C@@H](/C(F)=C\C=C)[C@@]1(C)N=C(N)OC[C@@H]1OCC(F)(F)F. The van der Waals surface area contributed by atoms with E-state index in [4.69, 9.17) is 26.4 Å². The molecule has 7 nitrogen and oxygen atoms in total. The van der Waals surface area contributed by atoms with Gasteiger partial charge in [-0.1, -0.05) is 18.6 Å². The normalized spacial score (nSPS) is 23.9. The molecule has 30 heavy (non-hydrogen) atoms. The second-order valence-electron chi connectivity index (χ2n) is 6.09. The Morgan fingerprint density at radius 1 is 1.57 bits per heavy atom. The molecule has 3 atom stereocenters. The number of ether oxygens (including phenoxy) is 3. The number of nitrogens with two attached hydrogens (primary N) is 1. The maximum atomic E-state index is 14.9. The summed E-state index contributed by atoms with van der Waals surface area (Å²) in [6.45, 7) is 5.93. The molecule has 1 rings (SSSR count). The van der Waals surface area contributed by atoms with Gasteiger partial charge in [-0.25, -0.2) is 14.4 Å². The summed E-state index contributed by atoms with van der Waals surface area (Å²) in [7, 11) is 0. The molecule has 0 saturated carbocycles. The number of amidine groups is 1. The molecule has 0 radical (unpaired) electrons. The Bertz CT molecular complexity index is 784. The molecular weight excluding hydrogens is 408 g/mol. The molecule has 0 amide bonds. The lowest BCUT2D eigenvalue weighted by atomic mass is 9.80. The first-order chi connectivity index (χ1) is 14.1. The van der Waals surface area contributed by atoms with Crippen LogP contribution in [0.4, 0.5) is 17.6 Å². The van der Waals surface area contributed by atoms with Crippen LogP contribution in [0.15, 0.2) is 51.6 Å². The predicted octanol–water partition coefficient (Wildman–Crippen LogP) is 2.91. The van der Waals surface area contributed by atoms with Gasteiger partial charge in [0.15, 0.2) is 6.61 Å². The van der Waals surface area contributed by atoms with Crippen molar-refractivity contribution in [2.45, 2.75) is 24.7 Å². The highest BCUT2D eigenvalue weighted by atomic mass is 19.4. The smallest absolute Gasteiger partial charge is 0.411 e. The zero-order valence-electron chi connectivity index (χ0n) is 16.2. The Hall–Kier alpha value is -3.13. The minimum absolute atomic E-state index is 0.0975. The van der Waals surface area contributed by atoms with Crippen molar-refractivity contribution in [1.29, 1.82) is 0 Å². The molecule has 0 fully saturated rings. The van der Waals surface area contributed by atoms with E-state index in [-0.39, 0.29) is 25.1 Å². The summed E-state index contributed by atoms with van der Waals surface area (Å²) in [5.41, 5.74) is 3.96. The topological polar surface area (TPSA) is 90.8 Å². The molecule has 0 saturated heterocycles. The van der Waals surface area contributed by atoms with Gasteiger partial charge in [0.05, 0.1) is 12.1 Å². The highest BCUT2D eigenvalue weighted by Crippen LogP contribution is 2.36. The predicted molar refractivity (Wildman–Crippen MR) is 106 cm³/mol. The molecule has 1 aliphatic heterocycles. The molecule has 0 aromatic carbocycles. The number of alkyl halides is 3. The lowest BCUT2D eigenvalue weighted by Gasteiger charge is -2.40. The summed E-state index contributed by atoms with van der Waals surface area (Å²) in [5, 5.41) is 0. The summed E-state index contributed by atoms with van der Waals surface area (Å²) in [6.07, 6.45) is 3.59. The Morgan fingerprint density at radius 3 is 2.83 bits per heavy atom. The van der Waals surface area contributed by atoms with Crippen molar-refractivity contribution in [2.24, 2.45) is 26.6 Å². The van der Waals surface area contributed by atoms with Crippen LogP contribution >= 0.6 is 0 Å². The number of hydrogen-bond acceptors (Lipinski definition) is 7. The standard InChI is InChI=1S/C19H22F4N4O3/c1-5-7-14(20)13(9-26-16(10-25-4)28-8-6-2)18(3)15(11-29-17(24)27-18)30-12-19(21,22)23/h2,5,7,9-10,13,15H,1,4,8,11-12H2,3H3,(H2,24,27)/b14-7+,16-10+,26-9-/t13-,15-,18+/m0/s1. The number of allylic oxidation sites excluding steroid dienone is 2. The summed E-state index contributed by atoms with van der Waals surface area (Å²) in [4.78, 5) is 11.5. The zero-order valence-corrected chi connectivity index (χ0v) is 16.2. The first kappa shape index (κ1) is 24.9. The number of hydrogen-bond donors (Lipinski definition) is 1. The van der Waals surface area contributed by atoms with Crippen LogP contribution in [-0.4, -0.2) is 56.6 Å². The number of aliphatic imine (C=N–C) groups is 3. The van der Waals surface area contributed by atoms with Crippen molar-refractivity contribution >= 4 is 19.0 Å². The third-order valence-corrected chi connectivity index (χ3v) is 3.89. The number of halogens is 4. The van der Waals surface area contributed by atoms with Gasteiger partial charge >= 0.3 is 6.18 Å². The van der Waals surface area contributed by atoms with Crippen LogP contribution < -0.4 is 5.73 Å².